The molecule has 0 saturated heterocycles. The van der Waals surface area contributed by atoms with Crippen molar-refractivity contribution in [2.24, 2.45) is 0 Å². The average molecular weight is 247 g/mol. The van der Waals surface area contributed by atoms with Gasteiger partial charge in [-0.3, -0.25) is 0 Å². The van der Waals surface area contributed by atoms with Crippen molar-refractivity contribution in [2.75, 3.05) is 11.5 Å². The van der Waals surface area contributed by atoms with Crippen molar-refractivity contribution in [3.63, 3.8) is 0 Å². The van der Waals surface area contributed by atoms with Gasteiger partial charge in [0.2, 0.25) is 5.95 Å². The number of rotatable bonds is 1. The van der Waals surface area contributed by atoms with Gasteiger partial charge in [0.15, 0.2) is 0 Å². The summed E-state index contributed by atoms with van der Waals surface area (Å²) in [4.78, 5) is 7.32. The molecular weight excluding hydrogens is 240 g/mol. The van der Waals surface area contributed by atoms with Crippen LogP contribution in [0.4, 0.5) is 20.5 Å². The predicted octanol–water partition coefficient (Wildman–Crippen LogP) is 1.46. The van der Waals surface area contributed by atoms with Crippen molar-refractivity contribution in [3.8, 4) is 17.3 Å². The highest BCUT2D eigenvalue weighted by molar-refractivity contribution is 5.73. The number of benzene rings is 1. The number of nitrogens with zero attached hydrogens (tertiary/aromatic N) is 3. The Kier molecular flexibility index (Phi) is 2.77. The molecule has 0 radical (unpaired) electrons. The largest absolute Gasteiger partial charge is 0.382 e. The number of anilines is 2. The van der Waals surface area contributed by atoms with Crippen LogP contribution in [0.3, 0.4) is 0 Å². The first kappa shape index (κ1) is 11.7. The smallest absolute Gasteiger partial charge is 0.222 e. The van der Waals surface area contributed by atoms with Gasteiger partial charge in [-0.2, -0.15) is 10.2 Å². The van der Waals surface area contributed by atoms with Crippen molar-refractivity contribution in [1.82, 2.24) is 9.97 Å². The Morgan fingerprint density at radius 1 is 1.17 bits per heavy atom. The maximum atomic E-state index is 13.6. The Balaban J connectivity index is 2.78. The fourth-order valence-corrected chi connectivity index (χ4v) is 1.48. The van der Waals surface area contributed by atoms with Gasteiger partial charge in [0.05, 0.1) is 5.69 Å². The molecule has 0 spiro atoms. The summed E-state index contributed by atoms with van der Waals surface area (Å²) in [5, 5.41) is 8.94. The standard InChI is InChI=1S/C11H7F2N5/c12-5-1-2-8(13)6(3-5)9-7(4-14)10(15)18-11(16)17-9/h1-3H,(H4,15,16,17,18). The van der Waals surface area contributed by atoms with E-state index in [1.54, 1.807) is 6.07 Å². The van der Waals surface area contributed by atoms with Crippen molar-refractivity contribution < 1.29 is 8.78 Å². The molecule has 7 heteroatoms. The Morgan fingerprint density at radius 2 is 1.89 bits per heavy atom. The molecule has 0 aliphatic rings. The highest BCUT2D eigenvalue weighted by Gasteiger charge is 2.16. The van der Waals surface area contributed by atoms with Gasteiger partial charge in [-0.15, -0.1) is 0 Å². The third kappa shape index (κ3) is 1.91. The second kappa shape index (κ2) is 4.25. The molecular formula is C11H7F2N5. The molecule has 0 bridgehead atoms. The zero-order chi connectivity index (χ0) is 13.3. The molecule has 0 aliphatic heterocycles. The molecule has 5 nitrogen and oxygen atoms in total. The van der Waals surface area contributed by atoms with Gasteiger partial charge < -0.3 is 11.5 Å². The fourth-order valence-electron chi connectivity index (χ4n) is 1.48. The summed E-state index contributed by atoms with van der Waals surface area (Å²) in [6, 6.07) is 4.54. The molecule has 2 rings (SSSR count). The van der Waals surface area contributed by atoms with Gasteiger partial charge in [-0.1, -0.05) is 0 Å². The Morgan fingerprint density at radius 3 is 2.56 bits per heavy atom. The summed E-state index contributed by atoms with van der Waals surface area (Å²) in [5.74, 6) is -1.79. The predicted molar refractivity (Wildman–Crippen MR) is 60.9 cm³/mol. The van der Waals surface area contributed by atoms with Crippen molar-refractivity contribution >= 4 is 11.8 Å². The Bertz CT molecular complexity index is 663. The zero-order valence-corrected chi connectivity index (χ0v) is 8.98. The molecule has 0 aliphatic carbocycles. The Labute approximate surface area is 101 Å². The number of hydrogen-bond acceptors (Lipinski definition) is 5. The first-order chi connectivity index (χ1) is 8.52. The summed E-state index contributed by atoms with van der Waals surface area (Å²) in [7, 11) is 0. The molecule has 0 fully saturated rings. The van der Waals surface area contributed by atoms with E-state index in [0.717, 1.165) is 18.2 Å². The molecule has 0 saturated carbocycles. The van der Waals surface area contributed by atoms with E-state index < -0.39 is 11.6 Å². The van der Waals surface area contributed by atoms with Crippen LogP contribution in [-0.2, 0) is 0 Å². The summed E-state index contributed by atoms with van der Waals surface area (Å²) in [5.41, 5.74) is 10.4. The molecule has 90 valence electrons. The summed E-state index contributed by atoms with van der Waals surface area (Å²) in [6.07, 6.45) is 0. The van der Waals surface area contributed by atoms with Crippen LogP contribution in [0.15, 0.2) is 18.2 Å². The number of nitrogens with two attached hydrogens (primary N) is 2. The Hall–Kier alpha value is -2.75. The molecule has 2 aromatic rings. The lowest BCUT2D eigenvalue weighted by Gasteiger charge is -2.07. The number of nitrogen functional groups attached to an aromatic ring is 2. The third-order valence-electron chi connectivity index (χ3n) is 2.25. The van der Waals surface area contributed by atoms with E-state index in [9.17, 15) is 8.78 Å². The van der Waals surface area contributed by atoms with Crippen molar-refractivity contribution in [2.45, 2.75) is 0 Å². The van der Waals surface area contributed by atoms with Crippen LogP contribution in [0.5, 0.6) is 0 Å². The van der Waals surface area contributed by atoms with E-state index in [1.165, 1.54) is 0 Å². The van der Waals surface area contributed by atoms with Gasteiger partial charge in [-0.25, -0.2) is 13.8 Å². The maximum absolute atomic E-state index is 13.6. The quantitative estimate of drug-likeness (QED) is 0.794. The van der Waals surface area contributed by atoms with Gasteiger partial charge in [0, 0.05) is 5.56 Å². The zero-order valence-electron chi connectivity index (χ0n) is 8.98. The summed E-state index contributed by atoms with van der Waals surface area (Å²) in [6.45, 7) is 0. The molecule has 1 aromatic heterocycles. The number of aromatic nitrogens is 2. The van der Waals surface area contributed by atoms with Gasteiger partial charge >= 0.3 is 0 Å². The summed E-state index contributed by atoms with van der Waals surface area (Å²) >= 11 is 0. The van der Waals surface area contributed by atoms with E-state index in [1.807, 2.05) is 0 Å². The highest BCUT2D eigenvalue weighted by Crippen LogP contribution is 2.27. The second-order valence-corrected chi connectivity index (χ2v) is 3.43. The lowest BCUT2D eigenvalue weighted by atomic mass is 10.1. The lowest BCUT2D eigenvalue weighted by molar-refractivity contribution is 0.602. The molecule has 4 N–H and O–H groups in total. The van der Waals surface area contributed by atoms with Gasteiger partial charge in [-0.05, 0) is 18.2 Å². The van der Waals surface area contributed by atoms with E-state index in [2.05, 4.69) is 9.97 Å². The minimum Gasteiger partial charge on any atom is -0.382 e. The molecule has 0 atom stereocenters. The normalized spacial score (nSPS) is 10.1. The van der Waals surface area contributed by atoms with Crippen molar-refractivity contribution in [3.05, 3.63) is 35.4 Å². The third-order valence-corrected chi connectivity index (χ3v) is 2.25. The number of hydrogen-bond donors (Lipinski definition) is 2. The minimum atomic E-state index is -0.731. The molecule has 18 heavy (non-hydrogen) atoms. The van der Waals surface area contributed by atoms with Gasteiger partial charge in [0.1, 0.15) is 29.1 Å². The van der Waals surface area contributed by atoms with E-state index in [4.69, 9.17) is 16.7 Å². The van der Waals surface area contributed by atoms with E-state index >= 15 is 0 Å². The lowest BCUT2D eigenvalue weighted by Crippen LogP contribution is -2.05. The van der Waals surface area contributed by atoms with Crippen LogP contribution in [0.1, 0.15) is 5.56 Å². The van der Waals surface area contributed by atoms with Gasteiger partial charge in [0.25, 0.3) is 0 Å². The molecule has 0 unspecified atom stereocenters. The second-order valence-electron chi connectivity index (χ2n) is 3.43. The first-order valence-electron chi connectivity index (χ1n) is 4.81. The topological polar surface area (TPSA) is 102 Å². The molecule has 1 aromatic carbocycles. The minimum absolute atomic E-state index is 0.125. The fraction of sp³-hybridized carbons (Fsp3) is 0. The van der Waals surface area contributed by atoms with Crippen LogP contribution in [0, 0.1) is 23.0 Å². The van der Waals surface area contributed by atoms with E-state index in [0.29, 0.717) is 0 Å². The SMILES string of the molecule is N#Cc1c(N)nc(N)nc1-c1cc(F)ccc1F. The van der Waals surface area contributed by atoms with Crippen LogP contribution in [0.25, 0.3) is 11.3 Å². The van der Waals surface area contributed by atoms with Crippen LogP contribution < -0.4 is 11.5 Å². The highest BCUT2D eigenvalue weighted by atomic mass is 19.1. The van der Waals surface area contributed by atoms with Crippen LogP contribution in [0.2, 0.25) is 0 Å². The first-order valence-corrected chi connectivity index (χ1v) is 4.81. The van der Waals surface area contributed by atoms with E-state index in [-0.39, 0.29) is 28.6 Å². The van der Waals surface area contributed by atoms with Crippen molar-refractivity contribution in [1.29, 1.82) is 5.26 Å². The van der Waals surface area contributed by atoms with Crippen LogP contribution in [-0.4, -0.2) is 9.97 Å². The molecule has 0 amide bonds. The van der Waals surface area contributed by atoms with Crippen LogP contribution >= 0.6 is 0 Å². The maximum Gasteiger partial charge on any atom is 0.222 e. The summed E-state index contributed by atoms with van der Waals surface area (Å²) < 4.78 is 26.7. The molecule has 1 heterocycles. The average Bonchev–Trinajstić information content (AvgIpc) is 2.31. The number of nitriles is 1. The monoisotopic (exact) mass is 247 g/mol. The number of halogens is 2.